The summed E-state index contributed by atoms with van der Waals surface area (Å²) in [6.45, 7) is 5.29. The molecule has 0 aromatic heterocycles. The summed E-state index contributed by atoms with van der Waals surface area (Å²) in [6, 6.07) is 13.5. The Morgan fingerprint density at radius 2 is 1.76 bits per heavy atom. The molecule has 1 N–H and O–H groups in total. The number of rotatable bonds is 7. The summed E-state index contributed by atoms with van der Waals surface area (Å²) in [5.41, 5.74) is 4.77. The zero-order valence-corrected chi connectivity index (χ0v) is 17.9. The predicted octanol–water partition coefficient (Wildman–Crippen LogP) is 3.90. The van der Waals surface area contributed by atoms with Crippen molar-refractivity contribution >= 4 is 29.3 Å². The molecule has 1 aliphatic heterocycles. The summed E-state index contributed by atoms with van der Waals surface area (Å²) in [5, 5.41) is 3.02. The molecule has 1 saturated heterocycles. The lowest BCUT2D eigenvalue weighted by molar-refractivity contribution is -0.116. The summed E-state index contributed by atoms with van der Waals surface area (Å²) in [5.74, 6) is 2.05. The first-order valence-corrected chi connectivity index (χ1v) is 11.1. The normalized spacial score (nSPS) is 14.4. The number of esters is 1. The van der Waals surface area contributed by atoms with Crippen LogP contribution in [0.4, 0.5) is 5.69 Å². The van der Waals surface area contributed by atoms with Gasteiger partial charge in [0.1, 0.15) is 0 Å². The molecule has 1 fully saturated rings. The maximum atomic E-state index is 12.4. The third kappa shape index (κ3) is 6.34. The molecule has 2 aromatic rings. The van der Waals surface area contributed by atoms with Gasteiger partial charge in [-0.3, -0.25) is 9.69 Å². The van der Waals surface area contributed by atoms with Gasteiger partial charge in [0, 0.05) is 43.2 Å². The van der Waals surface area contributed by atoms with Crippen LogP contribution >= 0.6 is 11.8 Å². The number of hydrogen-bond acceptors (Lipinski definition) is 5. The van der Waals surface area contributed by atoms with E-state index < -0.39 is 0 Å². The van der Waals surface area contributed by atoms with Crippen LogP contribution in [0.5, 0.6) is 0 Å². The van der Waals surface area contributed by atoms with Gasteiger partial charge < -0.3 is 10.1 Å². The van der Waals surface area contributed by atoms with Gasteiger partial charge in [-0.2, -0.15) is 11.8 Å². The number of carbonyl (C=O) groups excluding carboxylic acids is 2. The summed E-state index contributed by atoms with van der Waals surface area (Å²) in [6.07, 6.45) is 1.02. The number of thioether (sulfide) groups is 1. The number of benzene rings is 2. The smallest absolute Gasteiger partial charge is 0.337 e. The van der Waals surface area contributed by atoms with Crippen molar-refractivity contribution in [1.29, 1.82) is 0 Å². The van der Waals surface area contributed by atoms with Crippen molar-refractivity contribution in [3.63, 3.8) is 0 Å². The number of nitrogens with zero attached hydrogens (tertiary/aromatic N) is 1. The van der Waals surface area contributed by atoms with Crippen molar-refractivity contribution in [3.05, 3.63) is 64.7 Å². The monoisotopic (exact) mass is 412 g/mol. The zero-order chi connectivity index (χ0) is 20.6. The van der Waals surface area contributed by atoms with Gasteiger partial charge in [-0.1, -0.05) is 24.3 Å². The number of anilines is 1. The molecule has 0 spiro atoms. The maximum Gasteiger partial charge on any atom is 0.337 e. The van der Waals surface area contributed by atoms with E-state index in [-0.39, 0.29) is 11.9 Å². The summed E-state index contributed by atoms with van der Waals surface area (Å²) in [4.78, 5) is 26.3. The number of aryl methyl sites for hydroxylation is 2. The van der Waals surface area contributed by atoms with Crippen LogP contribution in [0, 0.1) is 6.92 Å². The molecule has 0 aliphatic carbocycles. The minimum atomic E-state index is -0.354. The Hall–Kier alpha value is -2.31. The lowest BCUT2D eigenvalue weighted by Crippen LogP contribution is -2.31. The molecular weight excluding hydrogens is 384 g/mol. The number of carbonyl (C=O) groups is 2. The van der Waals surface area contributed by atoms with Crippen molar-refractivity contribution < 1.29 is 14.3 Å². The number of amides is 1. The Bertz CT molecular complexity index is 846. The van der Waals surface area contributed by atoms with Gasteiger partial charge >= 0.3 is 5.97 Å². The molecule has 6 heteroatoms. The van der Waals surface area contributed by atoms with Crippen molar-refractivity contribution in [3.8, 4) is 0 Å². The molecule has 3 rings (SSSR count). The first-order valence-electron chi connectivity index (χ1n) is 9.92. The molecule has 0 saturated carbocycles. The quantitative estimate of drug-likeness (QED) is 0.699. The van der Waals surface area contributed by atoms with Crippen LogP contribution in [0.1, 0.15) is 33.5 Å². The van der Waals surface area contributed by atoms with Gasteiger partial charge in [0.15, 0.2) is 0 Å². The summed E-state index contributed by atoms with van der Waals surface area (Å²) >= 11 is 2.02. The molecule has 0 radical (unpaired) electrons. The van der Waals surface area contributed by atoms with Gasteiger partial charge in [0.2, 0.25) is 5.91 Å². The minimum Gasteiger partial charge on any atom is -0.465 e. The highest BCUT2D eigenvalue weighted by atomic mass is 32.2. The van der Waals surface area contributed by atoms with E-state index in [0.717, 1.165) is 36.4 Å². The Labute approximate surface area is 176 Å². The molecule has 29 heavy (non-hydrogen) atoms. The van der Waals surface area contributed by atoms with Gasteiger partial charge in [-0.15, -0.1) is 0 Å². The van der Waals surface area contributed by atoms with E-state index in [1.165, 1.54) is 24.2 Å². The highest BCUT2D eigenvalue weighted by Gasteiger charge is 2.12. The number of hydrogen-bond donors (Lipinski definition) is 1. The molecule has 2 aromatic carbocycles. The predicted molar refractivity (Wildman–Crippen MR) is 119 cm³/mol. The van der Waals surface area contributed by atoms with E-state index in [4.69, 9.17) is 4.74 Å². The first kappa shape index (κ1) is 21.4. The van der Waals surface area contributed by atoms with E-state index in [2.05, 4.69) is 22.3 Å². The molecule has 154 valence electrons. The van der Waals surface area contributed by atoms with Crippen LogP contribution in [0.15, 0.2) is 42.5 Å². The topological polar surface area (TPSA) is 58.6 Å². The number of methoxy groups -OCH3 is 1. The molecule has 1 heterocycles. The lowest BCUT2D eigenvalue weighted by Gasteiger charge is -2.26. The average Bonchev–Trinajstić information content (AvgIpc) is 2.75. The largest absolute Gasteiger partial charge is 0.465 e. The Balaban J connectivity index is 1.50. The SMILES string of the molecule is COC(=O)c1ccc(CCC(=O)Nc2ccc(CN3CCSCC3)cc2C)cc1. The van der Waals surface area contributed by atoms with E-state index in [1.54, 1.807) is 12.1 Å². The molecule has 1 amide bonds. The van der Waals surface area contributed by atoms with Gasteiger partial charge in [-0.05, 0) is 48.2 Å². The lowest BCUT2D eigenvalue weighted by atomic mass is 10.1. The first-order chi connectivity index (χ1) is 14.0. The van der Waals surface area contributed by atoms with Gasteiger partial charge in [0.25, 0.3) is 0 Å². The van der Waals surface area contributed by atoms with Crippen LogP contribution < -0.4 is 5.32 Å². The van der Waals surface area contributed by atoms with Crippen molar-refractivity contribution in [1.82, 2.24) is 4.90 Å². The van der Waals surface area contributed by atoms with Crippen molar-refractivity contribution in [2.75, 3.05) is 37.0 Å². The Kier molecular flexibility index (Phi) is 7.72. The van der Waals surface area contributed by atoms with Crippen molar-refractivity contribution in [2.45, 2.75) is 26.3 Å². The van der Waals surface area contributed by atoms with Crippen LogP contribution in [-0.4, -0.2) is 48.5 Å². The second-order valence-corrected chi connectivity index (χ2v) is 8.50. The second-order valence-electron chi connectivity index (χ2n) is 7.27. The highest BCUT2D eigenvalue weighted by molar-refractivity contribution is 7.99. The van der Waals surface area contributed by atoms with Gasteiger partial charge in [-0.25, -0.2) is 4.79 Å². The average molecular weight is 413 g/mol. The third-order valence-corrected chi connectivity index (χ3v) is 6.03. The van der Waals surface area contributed by atoms with E-state index in [1.807, 2.05) is 36.9 Å². The molecule has 0 atom stereocenters. The van der Waals surface area contributed by atoms with Crippen LogP contribution in [0.2, 0.25) is 0 Å². The van der Waals surface area contributed by atoms with Crippen LogP contribution in [-0.2, 0) is 22.5 Å². The standard InChI is InChI=1S/C23H28N2O3S/c1-17-15-19(16-25-11-13-29-14-12-25)5-9-21(17)24-22(26)10-6-18-3-7-20(8-4-18)23(27)28-2/h3-5,7-9,15H,6,10-14,16H2,1-2H3,(H,24,26). The minimum absolute atomic E-state index is 0.00838. The zero-order valence-electron chi connectivity index (χ0n) is 17.1. The molecule has 1 aliphatic rings. The van der Waals surface area contributed by atoms with E-state index in [0.29, 0.717) is 18.4 Å². The number of nitrogens with one attached hydrogen (secondary N) is 1. The molecule has 0 bridgehead atoms. The van der Waals surface area contributed by atoms with Crippen molar-refractivity contribution in [2.24, 2.45) is 0 Å². The fraction of sp³-hybridized carbons (Fsp3) is 0.391. The number of ether oxygens (including phenoxy) is 1. The Morgan fingerprint density at radius 3 is 2.41 bits per heavy atom. The maximum absolute atomic E-state index is 12.4. The fourth-order valence-electron chi connectivity index (χ4n) is 3.38. The summed E-state index contributed by atoms with van der Waals surface area (Å²) < 4.78 is 4.70. The van der Waals surface area contributed by atoms with Crippen LogP contribution in [0.3, 0.4) is 0 Å². The van der Waals surface area contributed by atoms with Crippen LogP contribution in [0.25, 0.3) is 0 Å². The highest BCUT2D eigenvalue weighted by Crippen LogP contribution is 2.20. The third-order valence-electron chi connectivity index (χ3n) is 5.09. The summed E-state index contributed by atoms with van der Waals surface area (Å²) in [7, 11) is 1.36. The Morgan fingerprint density at radius 1 is 1.07 bits per heavy atom. The molecular formula is C23H28N2O3S. The van der Waals surface area contributed by atoms with Gasteiger partial charge in [0.05, 0.1) is 12.7 Å². The van der Waals surface area contributed by atoms with E-state index in [9.17, 15) is 9.59 Å². The molecule has 0 unspecified atom stereocenters. The second kappa shape index (κ2) is 10.5. The van der Waals surface area contributed by atoms with E-state index >= 15 is 0 Å². The fourth-order valence-corrected chi connectivity index (χ4v) is 4.36. The molecule has 5 nitrogen and oxygen atoms in total.